The lowest BCUT2D eigenvalue weighted by Gasteiger charge is -2.34. The third kappa shape index (κ3) is 4.97. The maximum atomic E-state index is 10.8. The number of carbonyl (C=O) groups is 1. The number of unbranched alkanes of at least 4 members (excludes halogenated alkanes) is 3. The zero-order valence-electron chi connectivity index (χ0n) is 10.5. The third-order valence-corrected chi connectivity index (χ3v) is 3.46. The van der Waals surface area contributed by atoms with Crippen LogP contribution in [0, 0.1) is 0 Å². The van der Waals surface area contributed by atoms with Crippen molar-refractivity contribution in [3.63, 3.8) is 0 Å². The minimum absolute atomic E-state index is 0.299. The van der Waals surface area contributed by atoms with Crippen molar-refractivity contribution in [2.75, 3.05) is 13.1 Å². The first-order valence-electron chi connectivity index (χ1n) is 6.70. The van der Waals surface area contributed by atoms with Crippen molar-refractivity contribution in [2.24, 2.45) is 0 Å². The Morgan fingerprint density at radius 1 is 1.31 bits per heavy atom. The van der Waals surface area contributed by atoms with E-state index in [1.165, 1.54) is 38.5 Å². The number of aliphatic carboxylic acids is 1. The van der Waals surface area contributed by atoms with Crippen molar-refractivity contribution >= 4 is 5.97 Å². The van der Waals surface area contributed by atoms with Gasteiger partial charge in [-0.3, -0.25) is 9.69 Å². The monoisotopic (exact) mass is 227 g/mol. The summed E-state index contributed by atoms with van der Waals surface area (Å²) in [6.07, 6.45) is 8.91. The summed E-state index contributed by atoms with van der Waals surface area (Å²) < 4.78 is 0. The van der Waals surface area contributed by atoms with E-state index in [4.69, 9.17) is 5.11 Å². The Hall–Kier alpha value is -0.570. The van der Waals surface area contributed by atoms with E-state index >= 15 is 0 Å². The van der Waals surface area contributed by atoms with Gasteiger partial charge in [-0.15, -0.1) is 0 Å². The summed E-state index contributed by atoms with van der Waals surface area (Å²) in [4.78, 5) is 13.2. The Balaban J connectivity index is 2.26. The summed E-state index contributed by atoms with van der Waals surface area (Å²) in [7, 11) is 0. The quantitative estimate of drug-likeness (QED) is 0.680. The molecule has 3 nitrogen and oxygen atoms in total. The topological polar surface area (TPSA) is 40.5 Å². The Kier molecular flexibility index (Phi) is 6.46. The zero-order chi connectivity index (χ0) is 11.8. The van der Waals surface area contributed by atoms with Crippen LogP contribution in [0.5, 0.6) is 0 Å². The first kappa shape index (κ1) is 13.5. The van der Waals surface area contributed by atoms with Gasteiger partial charge in [0.1, 0.15) is 0 Å². The molecule has 0 saturated carbocycles. The van der Waals surface area contributed by atoms with Gasteiger partial charge in [-0.05, 0) is 32.4 Å². The highest BCUT2D eigenvalue weighted by Crippen LogP contribution is 2.20. The summed E-state index contributed by atoms with van der Waals surface area (Å²) >= 11 is 0. The average molecular weight is 227 g/mol. The standard InChI is InChI=1S/C13H25NO2/c1-2-3-4-6-9-14-10-7-5-8-12(14)11-13(15)16/h12H,2-11H2,1H3,(H,15,16). The molecule has 1 N–H and O–H groups in total. The highest BCUT2D eigenvalue weighted by atomic mass is 16.4. The van der Waals surface area contributed by atoms with Crippen molar-refractivity contribution < 1.29 is 9.90 Å². The average Bonchev–Trinajstić information content (AvgIpc) is 2.26. The van der Waals surface area contributed by atoms with Crippen LogP contribution in [-0.2, 0) is 4.79 Å². The van der Waals surface area contributed by atoms with Gasteiger partial charge in [0.25, 0.3) is 0 Å². The second-order valence-corrected chi connectivity index (χ2v) is 4.84. The molecule has 1 heterocycles. The fraction of sp³-hybridized carbons (Fsp3) is 0.923. The van der Waals surface area contributed by atoms with Gasteiger partial charge in [0.2, 0.25) is 0 Å². The Labute approximate surface area is 98.8 Å². The Morgan fingerprint density at radius 2 is 2.12 bits per heavy atom. The van der Waals surface area contributed by atoms with Crippen LogP contribution in [0.2, 0.25) is 0 Å². The van der Waals surface area contributed by atoms with E-state index in [2.05, 4.69) is 11.8 Å². The van der Waals surface area contributed by atoms with Crippen LogP contribution in [0.25, 0.3) is 0 Å². The van der Waals surface area contributed by atoms with Gasteiger partial charge in [-0.1, -0.05) is 32.6 Å². The van der Waals surface area contributed by atoms with Crippen LogP contribution in [0.15, 0.2) is 0 Å². The molecular formula is C13H25NO2. The highest BCUT2D eigenvalue weighted by molar-refractivity contribution is 5.67. The normalized spacial score (nSPS) is 22.2. The van der Waals surface area contributed by atoms with Crippen LogP contribution in [0.4, 0.5) is 0 Å². The molecule has 0 radical (unpaired) electrons. The number of carboxylic acids is 1. The molecule has 94 valence electrons. The molecule has 1 atom stereocenters. The number of nitrogens with zero attached hydrogens (tertiary/aromatic N) is 1. The molecule has 1 fully saturated rings. The predicted molar refractivity (Wildman–Crippen MR) is 65.6 cm³/mol. The SMILES string of the molecule is CCCCCCN1CCCCC1CC(=O)O. The lowest BCUT2D eigenvalue weighted by Crippen LogP contribution is -2.41. The van der Waals surface area contributed by atoms with E-state index in [-0.39, 0.29) is 0 Å². The molecule has 0 bridgehead atoms. The first-order valence-corrected chi connectivity index (χ1v) is 6.70. The van der Waals surface area contributed by atoms with Gasteiger partial charge in [0.15, 0.2) is 0 Å². The molecule has 3 heteroatoms. The van der Waals surface area contributed by atoms with Crippen LogP contribution in [0.3, 0.4) is 0 Å². The number of piperidine rings is 1. The number of hydrogen-bond donors (Lipinski definition) is 1. The zero-order valence-corrected chi connectivity index (χ0v) is 10.5. The van der Waals surface area contributed by atoms with Gasteiger partial charge in [-0.25, -0.2) is 0 Å². The maximum absolute atomic E-state index is 10.8. The molecule has 1 rings (SSSR count). The van der Waals surface area contributed by atoms with Gasteiger partial charge in [-0.2, -0.15) is 0 Å². The van der Waals surface area contributed by atoms with E-state index < -0.39 is 5.97 Å². The third-order valence-electron chi connectivity index (χ3n) is 3.46. The van der Waals surface area contributed by atoms with Crippen molar-refractivity contribution in [1.29, 1.82) is 0 Å². The number of carboxylic acid groups (broad SMARTS) is 1. The molecule has 0 amide bonds. The first-order chi connectivity index (χ1) is 7.74. The minimum atomic E-state index is -0.648. The molecule has 1 aliphatic heterocycles. The molecule has 0 spiro atoms. The van der Waals surface area contributed by atoms with Gasteiger partial charge in [0.05, 0.1) is 6.42 Å². The molecule has 1 unspecified atom stereocenters. The highest BCUT2D eigenvalue weighted by Gasteiger charge is 2.23. The lowest BCUT2D eigenvalue weighted by molar-refractivity contribution is -0.138. The predicted octanol–water partition coefficient (Wildman–Crippen LogP) is 2.90. The largest absolute Gasteiger partial charge is 0.481 e. The minimum Gasteiger partial charge on any atom is -0.481 e. The van der Waals surface area contributed by atoms with Crippen molar-refractivity contribution in [3.8, 4) is 0 Å². The van der Waals surface area contributed by atoms with Crippen LogP contribution >= 0.6 is 0 Å². The molecule has 1 aliphatic rings. The van der Waals surface area contributed by atoms with Crippen LogP contribution in [0.1, 0.15) is 58.3 Å². The van der Waals surface area contributed by atoms with Gasteiger partial charge >= 0.3 is 5.97 Å². The van der Waals surface area contributed by atoms with E-state index in [1.54, 1.807) is 0 Å². The van der Waals surface area contributed by atoms with Gasteiger partial charge in [0, 0.05) is 6.04 Å². The molecule has 0 aromatic heterocycles. The molecule has 1 saturated heterocycles. The molecule has 16 heavy (non-hydrogen) atoms. The second kappa shape index (κ2) is 7.66. The molecular weight excluding hydrogens is 202 g/mol. The van der Waals surface area contributed by atoms with Crippen LogP contribution < -0.4 is 0 Å². The van der Waals surface area contributed by atoms with E-state index in [0.29, 0.717) is 12.5 Å². The fourth-order valence-electron chi connectivity index (χ4n) is 2.53. The second-order valence-electron chi connectivity index (χ2n) is 4.84. The fourth-order valence-corrected chi connectivity index (χ4v) is 2.53. The smallest absolute Gasteiger partial charge is 0.304 e. The van der Waals surface area contributed by atoms with E-state index in [1.807, 2.05) is 0 Å². The summed E-state index contributed by atoms with van der Waals surface area (Å²) in [6.45, 7) is 4.41. The molecule has 0 aromatic carbocycles. The Morgan fingerprint density at radius 3 is 2.81 bits per heavy atom. The number of rotatable bonds is 7. The molecule has 0 aromatic rings. The summed E-state index contributed by atoms with van der Waals surface area (Å²) in [5.41, 5.74) is 0. The van der Waals surface area contributed by atoms with Crippen molar-refractivity contribution in [3.05, 3.63) is 0 Å². The lowest BCUT2D eigenvalue weighted by atomic mass is 9.99. The summed E-state index contributed by atoms with van der Waals surface area (Å²) in [5, 5.41) is 8.87. The van der Waals surface area contributed by atoms with Crippen molar-refractivity contribution in [1.82, 2.24) is 4.90 Å². The van der Waals surface area contributed by atoms with Crippen molar-refractivity contribution in [2.45, 2.75) is 64.3 Å². The van der Waals surface area contributed by atoms with Crippen LogP contribution in [-0.4, -0.2) is 35.1 Å². The Bertz CT molecular complexity index is 206. The van der Waals surface area contributed by atoms with E-state index in [9.17, 15) is 4.79 Å². The number of likely N-dealkylation sites (tertiary alicyclic amines) is 1. The van der Waals surface area contributed by atoms with Gasteiger partial charge < -0.3 is 5.11 Å². The van der Waals surface area contributed by atoms with E-state index in [0.717, 1.165) is 19.5 Å². The summed E-state index contributed by atoms with van der Waals surface area (Å²) in [5.74, 6) is -0.648. The number of hydrogen-bond acceptors (Lipinski definition) is 2. The molecule has 0 aliphatic carbocycles. The maximum Gasteiger partial charge on any atom is 0.304 e. The summed E-state index contributed by atoms with van der Waals surface area (Å²) in [6, 6.07) is 0.299.